The monoisotopic (exact) mass is 492 g/mol. The zero-order valence-electron chi connectivity index (χ0n) is 20.1. The summed E-state index contributed by atoms with van der Waals surface area (Å²) in [5, 5.41) is 12.7. The Hall–Kier alpha value is -3.15. The molecule has 0 aliphatic carbocycles. The van der Waals surface area contributed by atoms with Crippen molar-refractivity contribution in [2.45, 2.75) is 38.6 Å². The maximum Gasteiger partial charge on any atom is 0.303 e. The van der Waals surface area contributed by atoms with Crippen LogP contribution in [0.5, 0.6) is 0 Å². The number of carbonyl (C=O) groups is 2. The van der Waals surface area contributed by atoms with E-state index in [-0.39, 0.29) is 18.4 Å². The van der Waals surface area contributed by atoms with Crippen LogP contribution in [0.15, 0.2) is 78.9 Å². The van der Waals surface area contributed by atoms with Gasteiger partial charge in [0.15, 0.2) is 0 Å². The third-order valence-electron chi connectivity index (χ3n) is 6.11. The van der Waals surface area contributed by atoms with E-state index in [1.807, 2.05) is 66.7 Å². The number of aliphatic carboxylic acids is 1. The fourth-order valence-corrected chi connectivity index (χ4v) is 4.21. The van der Waals surface area contributed by atoms with Crippen LogP contribution in [0.4, 0.5) is 0 Å². The van der Waals surface area contributed by atoms with Crippen LogP contribution in [0, 0.1) is 0 Å². The number of halogens is 1. The molecule has 0 fully saturated rings. The number of rotatable bonds is 13. The van der Waals surface area contributed by atoms with Gasteiger partial charge < -0.3 is 10.4 Å². The summed E-state index contributed by atoms with van der Waals surface area (Å²) in [6.07, 6.45) is 1.85. The minimum atomic E-state index is -0.784. The number of hydrogen-bond donors (Lipinski definition) is 2. The van der Waals surface area contributed by atoms with Crippen LogP contribution < -0.4 is 5.32 Å². The van der Waals surface area contributed by atoms with E-state index in [0.717, 1.165) is 35.2 Å². The summed E-state index contributed by atoms with van der Waals surface area (Å²) in [5.74, 6) is -0.784. The standard InChI is InChI=1S/C29H33ClN2O3/c1-22(24-14-16-27(30)17-15-24)32(19-5-9-29(34)35)20-6-18-31-28(33)21-23-10-12-26(13-11-23)25-7-3-2-4-8-25/h2-4,7-8,10-17,22H,5-6,9,18-21H2,1H3,(H,31,33)(H,34,35). The number of hydrogen-bond acceptors (Lipinski definition) is 3. The van der Waals surface area contributed by atoms with Crippen molar-refractivity contribution >= 4 is 23.5 Å². The van der Waals surface area contributed by atoms with Crippen molar-refractivity contribution in [1.29, 1.82) is 0 Å². The normalized spacial score (nSPS) is 11.9. The van der Waals surface area contributed by atoms with Crippen molar-refractivity contribution in [3.8, 4) is 11.1 Å². The zero-order chi connectivity index (χ0) is 25.0. The highest BCUT2D eigenvalue weighted by atomic mass is 35.5. The van der Waals surface area contributed by atoms with Crippen LogP contribution >= 0.6 is 11.6 Å². The number of nitrogens with zero attached hydrogens (tertiary/aromatic N) is 1. The molecule has 2 N–H and O–H groups in total. The van der Waals surface area contributed by atoms with Gasteiger partial charge in [-0.25, -0.2) is 0 Å². The van der Waals surface area contributed by atoms with Crippen LogP contribution in [-0.2, 0) is 16.0 Å². The zero-order valence-corrected chi connectivity index (χ0v) is 20.9. The van der Waals surface area contributed by atoms with Crippen LogP contribution in [0.25, 0.3) is 11.1 Å². The first-order valence-electron chi connectivity index (χ1n) is 12.0. The van der Waals surface area contributed by atoms with Gasteiger partial charge in [0.1, 0.15) is 0 Å². The smallest absolute Gasteiger partial charge is 0.303 e. The maximum atomic E-state index is 12.4. The maximum absolute atomic E-state index is 12.4. The van der Waals surface area contributed by atoms with E-state index in [2.05, 4.69) is 29.3 Å². The Bertz CT molecular complexity index is 1070. The van der Waals surface area contributed by atoms with Gasteiger partial charge >= 0.3 is 5.97 Å². The van der Waals surface area contributed by atoms with Crippen LogP contribution in [-0.4, -0.2) is 41.5 Å². The van der Waals surface area contributed by atoms with Crippen molar-refractivity contribution < 1.29 is 14.7 Å². The van der Waals surface area contributed by atoms with E-state index >= 15 is 0 Å². The van der Waals surface area contributed by atoms with Gasteiger partial charge in [-0.05, 0) is 60.7 Å². The van der Waals surface area contributed by atoms with Crippen LogP contribution in [0.2, 0.25) is 5.02 Å². The highest BCUT2D eigenvalue weighted by molar-refractivity contribution is 6.30. The third-order valence-corrected chi connectivity index (χ3v) is 6.36. The predicted octanol–water partition coefficient (Wildman–Crippen LogP) is 5.98. The summed E-state index contributed by atoms with van der Waals surface area (Å²) in [7, 11) is 0. The molecule has 184 valence electrons. The summed E-state index contributed by atoms with van der Waals surface area (Å²) in [6.45, 7) is 4.12. The Morgan fingerprint density at radius 1 is 0.886 bits per heavy atom. The highest BCUT2D eigenvalue weighted by Crippen LogP contribution is 2.23. The number of nitrogens with one attached hydrogen (secondary N) is 1. The lowest BCUT2D eigenvalue weighted by Gasteiger charge is -2.29. The molecule has 3 rings (SSSR count). The lowest BCUT2D eigenvalue weighted by molar-refractivity contribution is -0.137. The largest absolute Gasteiger partial charge is 0.481 e. The number of amides is 1. The van der Waals surface area contributed by atoms with Crippen LogP contribution in [0.3, 0.4) is 0 Å². The second-order valence-corrected chi connectivity index (χ2v) is 9.14. The van der Waals surface area contributed by atoms with Crippen LogP contribution in [0.1, 0.15) is 43.4 Å². The van der Waals surface area contributed by atoms with Crippen molar-refractivity contribution in [3.63, 3.8) is 0 Å². The van der Waals surface area contributed by atoms with E-state index in [4.69, 9.17) is 16.7 Å². The van der Waals surface area contributed by atoms with Crippen molar-refractivity contribution in [2.24, 2.45) is 0 Å². The number of carboxylic acid groups (broad SMARTS) is 1. The Balaban J connectivity index is 1.46. The molecular weight excluding hydrogens is 460 g/mol. The van der Waals surface area contributed by atoms with Crippen molar-refractivity contribution in [3.05, 3.63) is 95.0 Å². The van der Waals surface area contributed by atoms with E-state index in [1.165, 1.54) is 0 Å². The van der Waals surface area contributed by atoms with E-state index in [0.29, 0.717) is 31.0 Å². The number of carbonyl (C=O) groups excluding carboxylic acids is 1. The first-order chi connectivity index (χ1) is 16.9. The number of benzene rings is 3. The molecule has 1 unspecified atom stereocenters. The Morgan fingerprint density at radius 2 is 1.51 bits per heavy atom. The summed E-state index contributed by atoms with van der Waals surface area (Å²) in [5.41, 5.74) is 4.40. The minimum absolute atomic E-state index is 0.000591. The summed E-state index contributed by atoms with van der Waals surface area (Å²) in [6, 6.07) is 26.1. The molecule has 0 heterocycles. The molecule has 0 aromatic heterocycles. The molecule has 0 radical (unpaired) electrons. The van der Waals surface area contributed by atoms with Crippen molar-refractivity contribution in [2.75, 3.05) is 19.6 Å². The average molecular weight is 493 g/mol. The first kappa shape index (κ1) is 26.5. The molecular formula is C29H33ClN2O3. The molecule has 3 aromatic carbocycles. The van der Waals surface area contributed by atoms with E-state index in [1.54, 1.807) is 0 Å². The second-order valence-electron chi connectivity index (χ2n) is 8.70. The van der Waals surface area contributed by atoms with E-state index < -0.39 is 5.97 Å². The lowest BCUT2D eigenvalue weighted by Crippen LogP contribution is -2.33. The molecule has 0 saturated carbocycles. The summed E-state index contributed by atoms with van der Waals surface area (Å²) in [4.78, 5) is 25.7. The summed E-state index contributed by atoms with van der Waals surface area (Å²) < 4.78 is 0. The molecule has 3 aromatic rings. The molecule has 0 spiro atoms. The van der Waals surface area contributed by atoms with Gasteiger partial charge in [0, 0.05) is 30.6 Å². The fourth-order valence-electron chi connectivity index (χ4n) is 4.09. The predicted molar refractivity (Wildman–Crippen MR) is 142 cm³/mol. The molecule has 1 atom stereocenters. The average Bonchev–Trinajstić information content (AvgIpc) is 2.86. The van der Waals surface area contributed by atoms with Gasteiger partial charge in [0.25, 0.3) is 0 Å². The first-order valence-corrected chi connectivity index (χ1v) is 12.4. The second kappa shape index (κ2) is 13.7. The van der Waals surface area contributed by atoms with Gasteiger partial charge in [-0.1, -0.05) is 78.3 Å². The quantitative estimate of drug-likeness (QED) is 0.288. The Labute approximate surface area is 212 Å². The SMILES string of the molecule is CC(c1ccc(Cl)cc1)N(CCCNC(=O)Cc1ccc(-c2ccccc2)cc1)CCCC(=O)O. The highest BCUT2D eigenvalue weighted by Gasteiger charge is 2.16. The fraction of sp³-hybridized carbons (Fsp3) is 0.310. The molecule has 35 heavy (non-hydrogen) atoms. The third kappa shape index (κ3) is 8.85. The van der Waals surface area contributed by atoms with Gasteiger partial charge in [-0.15, -0.1) is 0 Å². The topological polar surface area (TPSA) is 69.6 Å². The molecule has 0 aliphatic rings. The molecule has 6 heteroatoms. The molecule has 0 bridgehead atoms. The Morgan fingerprint density at radius 3 is 2.17 bits per heavy atom. The minimum Gasteiger partial charge on any atom is -0.481 e. The van der Waals surface area contributed by atoms with Gasteiger partial charge in [0.2, 0.25) is 5.91 Å². The Kier molecular flexibility index (Phi) is 10.3. The summed E-state index contributed by atoms with van der Waals surface area (Å²) >= 11 is 6.02. The van der Waals surface area contributed by atoms with Gasteiger partial charge in [-0.2, -0.15) is 0 Å². The van der Waals surface area contributed by atoms with E-state index in [9.17, 15) is 9.59 Å². The molecule has 1 amide bonds. The van der Waals surface area contributed by atoms with Gasteiger partial charge in [0.05, 0.1) is 6.42 Å². The molecule has 0 saturated heterocycles. The van der Waals surface area contributed by atoms with Crippen molar-refractivity contribution in [1.82, 2.24) is 10.2 Å². The number of carboxylic acids is 1. The molecule has 0 aliphatic heterocycles. The molecule has 5 nitrogen and oxygen atoms in total. The lowest BCUT2D eigenvalue weighted by atomic mass is 10.0. The van der Waals surface area contributed by atoms with Gasteiger partial charge in [-0.3, -0.25) is 14.5 Å².